The molecule has 0 saturated carbocycles. The van der Waals surface area contributed by atoms with Crippen molar-refractivity contribution >= 4 is 5.69 Å². The molecule has 0 amide bonds. The third kappa shape index (κ3) is 3.20. The number of nitrogens with zero attached hydrogens (tertiary/aromatic N) is 1. The number of rotatable bonds is 6. The third-order valence-corrected chi connectivity index (χ3v) is 2.19. The zero-order valence-electron chi connectivity index (χ0n) is 9.18. The average Bonchev–Trinajstić information content (AvgIpc) is 2.24. The van der Waals surface area contributed by atoms with Crippen molar-refractivity contribution in [2.24, 2.45) is 0 Å². The second-order valence-electron chi connectivity index (χ2n) is 3.46. The molecule has 0 unspecified atom stereocenters. The van der Waals surface area contributed by atoms with Gasteiger partial charge in [0.1, 0.15) is 0 Å². The number of unbranched alkanes of at least 4 members (excludes halogenated alkanes) is 1. The molecule has 0 atom stereocenters. The highest BCUT2D eigenvalue weighted by atomic mass is 16.6. The molecule has 1 N–H and O–H groups in total. The van der Waals surface area contributed by atoms with Gasteiger partial charge < -0.3 is 9.84 Å². The Bertz CT molecular complexity index is 365. The minimum atomic E-state index is -0.434. The third-order valence-electron chi connectivity index (χ3n) is 2.19. The van der Waals surface area contributed by atoms with Crippen LogP contribution in [0.4, 0.5) is 5.69 Å². The van der Waals surface area contributed by atoms with Crippen molar-refractivity contribution in [1.82, 2.24) is 0 Å². The molecule has 0 fully saturated rings. The molecule has 0 radical (unpaired) electrons. The van der Waals surface area contributed by atoms with Crippen LogP contribution in [0.1, 0.15) is 18.4 Å². The summed E-state index contributed by atoms with van der Waals surface area (Å²) in [7, 11) is 0. The number of hydrogen-bond acceptors (Lipinski definition) is 4. The molecule has 5 heteroatoms. The van der Waals surface area contributed by atoms with Crippen LogP contribution in [-0.2, 0) is 0 Å². The van der Waals surface area contributed by atoms with Crippen LogP contribution in [0.25, 0.3) is 0 Å². The van der Waals surface area contributed by atoms with Gasteiger partial charge in [-0.15, -0.1) is 0 Å². The van der Waals surface area contributed by atoms with E-state index in [1.54, 1.807) is 25.1 Å². The molecule has 16 heavy (non-hydrogen) atoms. The molecule has 0 spiro atoms. The van der Waals surface area contributed by atoms with Crippen LogP contribution in [0.15, 0.2) is 18.2 Å². The summed E-state index contributed by atoms with van der Waals surface area (Å²) in [6.45, 7) is 2.17. The number of aliphatic hydroxyl groups is 1. The molecule has 1 aromatic rings. The first-order valence-corrected chi connectivity index (χ1v) is 5.14. The van der Waals surface area contributed by atoms with Crippen LogP contribution in [-0.4, -0.2) is 23.2 Å². The second-order valence-corrected chi connectivity index (χ2v) is 3.46. The summed E-state index contributed by atoms with van der Waals surface area (Å²) in [6, 6.07) is 4.99. The Morgan fingerprint density at radius 1 is 1.44 bits per heavy atom. The maximum atomic E-state index is 10.8. The second kappa shape index (κ2) is 6.07. The van der Waals surface area contributed by atoms with Crippen molar-refractivity contribution in [3.63, 3.8) is 0 Å². The zero-order valence-corrected chi connectivity index (χ0v) is 9.18. The molecule has 0 aliphatic rings. The van der Waals surface area contributed by atoms with Gasteiger partial charge in [0.15, 0.2) is 5.75 Å². The van der Waals surface area contributed by atoms with Crippen molar-refractivity contribution in [2.45, 2.75) is 19.8 Å². The fourth-order valence-corrected chi connectivity index (χ4v) is 1.38. The predicted molar refractivity (Wildman–Crippen MR) is 59.6 cm³/mol. The lowest BCUT2D eigenvalue weighted by molar-refractivity contribution is -0.386. The largest absolute Gasteiger partial charge is 0.487 e. The van der Waals surface area contributed by atoms with Crippen LogP contribution in [0.3, 0.4) is 0 Å². The molecule has 5 nitrogen and oxygen atoms in total. The lowest BCUT2D eigenvalue weighted by atomic mass is 10.2. The molecule has 0 aromatic heterocycles. The monoisotopic (exact) mass is 225 g/mol. The highest BCUT2D eigenvalue weighted by Gasteiger charge is 2.17. The lowest BCUT2D eigenvalue weighted by Crippen LogP contribution is -2.02. The molecule has 1 rings (SSSR count). The van der Waals surface area contributed by atoms with Crippen molar-refractivity contribution in [1.29, 1.82) is 0 Å². The maximum absolute atomic E-state index is 10.8. The molecule has 0 aliphatic heterocycles. The number of para-hydroxylation sites is 1. The molecular weight excluding hydrogens is 210 g/mol. The van der Waals surface area contributed by atoms with E-state index in [-0.39, 0.29) is 12.3 Å². The first-order chi connectivity index (χ1) is 7.66. The van der Waals surface area contributed by atoms with Gasteiger partial charge in [0.2, 0.25) is 0 Å². The smallest absolute Gasteiger partial charge is 0.313 e. The predicted octanol–water partition coefficient (Wildman–Crippen LogP) is 2.05. The van der Waals surface area contributed by atoms with E-state index in [9.17, 15) is 10.1 Å². The van der Waals surface area contributed by atoms with Gasteiger partial charge in [0.25, 0.3) is 0 Å². The number of nitro groups is 1. The van der Waals surface area contributed by atoms with Crippen LogP contribution in [0.2, 0.25) is 0 Å². The van der Waals surface area contributed by atoms with Crippen molar-refractivity contribution in [3.8, 4) is 5.75 Å². The van der Waals surface area contributed by atoms with Crippen LogP contribution in [0, 0.1) is 17.0 Å². The van der Waals surface area contributed by atoms with Crippen molar-refractivity contribution < 1.29 is 14.8 Å². The molecule has 88 valence electrons. The Morgan fingerprint density at radius 3 is 2.81 bits per heavy atom. The topological polar surface area (TPSA) is 72.6 Å². The fraction of sp³-hybridized carbons (Fsp3) is 0.455. The summed E-state index contributed by atoms with van der Waals surface area (Å²) >= 11 is 0. The first kappa shape index (κ1) is 12.4. The van der Waals surface area contributed by atoms with E-state index >= 15 is 0 Å². The minimum absolute atomic E-state index is 0.0199. The van der Waals surface area contributed by atoms with E-state index in [0.717, 1.165) is 0 Å². The number of ether oxygens (including phenoxy) is 1. The van der Waals surface area contributed by atoms with E-state index < -0.39 is 4.92 Å². The Hall–Kier alpha value is -1.62. The normalized spacial score (nSPS) is 10.1. The highest BCUT2D eigenvalue weighted by Crippen LogP contribution is 2.30. The van der Waals surface area contributed by atoms with Gasteiger partial charge in [-0.1, -0.05) is 12.1 Å². The molecule has 0 aliphatic carbocycles. The fourth-order valence-electron chi connectivity index (χ4n) is 1.38. The summed E-state index contributed by atoms with van der Waals surface area (Å²) in [6.07, 6.45) is 1.32. The molecule has 0 heterocycles. The SMILES string of the molecule is Cc1cccc(OCCCCO)c1[N+](=O)[O-]. The summed E-state index contributed by atoms with van der Waals surface area (Å²) in [5, 5.41) is 19.4. The Balaban J connectivity index is 2.71. The zero-order chi connectivity index (χ0) is 12.0. The number of benzene rings is 1. The number of nitro benzene ring substituents is 1. The van der Waals surface area contributed by atoms with E-state index in [1.807, 2.05) is 0 Å². The average molecular weight is 225 g/mol. The van der Waals surface area contributed by atoms with Gasteiger partial charge in [-0.05, 0) is 25.8 Å². The van der Waals surface area contributed by atoms with E-state index in [4.69, 9.17) is 9.84 Å². The Morgan fingerprint density at radius 2 is 2.19 bits per heavy atom. The van der Waals surface area contributed by atoms with E-state index in [1.165, 1.54) is 0 Å². The van der Waals surface area contributed by atoms with Crippen molar-refractivity contribution in [3.05, 3.63) is 33.9 Å². The van der Waals surface area contributed by atoms with Crippen molar-refractivity contribution in [2.75, 3.05) is 13.2 Å². The van der Waals surface area contributed by atoms with Gasteiger partial charge in [-0.2, -0.15) is 0 Å². The summed E-state index contributed by atoms with van der Waals surface area (Å²) in [4.78, 5) is 10.4. The molecule has 1 aromatic carbocycles. The van der Waals surface area contributed by atoms with Gasteiger partial charge in [0, 0.05) is 12.2 Å². The Kier molecular flexibility index (Phi) is 4.72. The summed E-state index contributed by atoms with van der Waals surface area (Å²) in [5.74, 6) is 0.294. The molecule has 0 bridgehead atoms. The molecular formula is C11H15NO4. The summed E-state index contributed by atoms with van der Waals surface area (Å²) < 4.78 is 5.33. The van der Waals surface area contributed by atoms with Crippen LogP contribution >= 0.6 is 0 Å². The van der Waals surface area contributed by atoms with E-state index in [2.05, 4.69) is 0 Å². The van der Waals surface area contributed by atoms with Crippen LogP contribution < -0.4 is 4.74 Å². The standard InChI is InChI=1S/C11H15NO4/c1-9-5-4-6-10(11(9)12(14)15)16-8-3-2-7-13/h4-6,13H,2-3,7-8H2,1H3. The number of aliphatic hydroxyl groups excluding tert-OH is 1. The number of aryl methyl sites for hydroxylation is 1. The number of hydrogen-bond donors (Lipinski definition) is 1. The van der Waals surface area contributed by atoms with Gasteiger partial charge >= 0.3 is 5.69 Å². The first-order valence-electron chi connectivity index (χ1n) is 5.14. The van der Waals surface area contributed by atoms with Gasteiger partial charge in [-0.3, -0.25) is 10.1 Å². The van der Waals surface area contributed by atoms with Gasteiger partial charge in [0.05, 0.1) is 11.5 Å². The quantitative estimate of drug-likeness (QED) is 0.457. The Labute approximate surface area is 93.8 Å². The van der Waals surface area contributed by atoms with E-state index in [0.29, 0.717) is 30.8 Å². The summed E-state index contributed by atoms with van der Waals surface area (Å²) in [5.41, 5.74) is 0.608. The highest BCUT2D eigenvalue weighted by molar-refractivity contribution is 5.51. The molecule has 0 saturated heterocycles. The van der Waals surface area contributed by atoms with Gasteiger partial charge in [-0.25, -0.2) is 0 Å². The minimum Gasteiger partial charge on any atom is -0.487 e. The maximum Gasteiger partial charge on any atom is 0.313 e. The lowest BCUT2D eigenvalue weighted by Gasteiger charge is -2.07. The van der Waals surface area contributed by atoms with Crippen LogP contribution in [0.5, 0.6) is 5.75 Å².